The van der Waals surface area contributed by atoms with Crippen molar-refractivity contribution in [3.8, 4) is 0 Å². The third-order valence-corrected chi connectivity index (χ3v) is 7.39. The van der Waals surface area contributed by atoms with E-state index in [1.54, 1.807) is 6.92 Å². The largest absolute Gasteiger partial charge is 0.380 e. The zero-order valence-electron chi connectivity index (χ0n) is 19.0. The molecule has 0 bridgehead atoms. The number of benzene rings is 2. The number of likely N-dealkylation sites (tertiary alicyclic amines) is 2. The van der Waals surface area contributed by atoms with Gasteiger partial charge in [0.05, 0.1) is 0 Å². The molecule has 1 N–H and O–H groups in total. The van der Waals surface area contributed by atoms with Gasteiger partial charge < -0.3 is 14.9 Å². The number of carbonyl (C=O) groups is 2. The van der Waals surface area contributed by atoms with Crippen molar-refractivity contribution < 1.29 is 14.7 Å². The number of amides is 2. The molecule has 2 amide bonds. The van der Waals surface area contributed by atoms with Gasteiger partial charge in [-0.1, -0.05) is 60.7 Å². The van der Waals surface area contributed by atoms with E-state index in [-0.39, 0.29) is 17.7 Å². The smallest absolute Gasteiger partial charge is 0.222 e. The summed E-state index contributed by atoms with van der Waals surface area (Å²) in [6, 6.07) is 19.8. The van der Waals surface area contributed by atoms with Crippen LogP contribution in [0.2, 0.25) is 0 Å². The van der Waals surface area contributed by atoms with Gasteiger partial charge in [-0.3, -0.25) is 9.59 Å². The maximum atomic E-state index is 13.0. The van der Waals surface area contributed by atoms with Crippen LogP contribution in [0, 0.1) is 11.8 Å². The summed E-state index contributed by atoms with van der Waals surface area (Å²) in [6.07, 6.45) is 3.93. The maximum absolute atomic E-state index is 13.0. The molecule has 0 spiro atoms. The average Bonchev–Trinajstić information content (AvgIpc) is 2.85. The normalized spacial score (nSPS) is 18.6. The van der Waals surface area contributed by atoms with Crippen molar-refractivity contribution in [1.82, 2.24) is 9.80 Å². The Morgan fingerprint density at radius 2 is 1.28 bits per heavy atom. The summed E-state index contributed by atoms with van der Waals surface area (Å²) in [7, 11) is 0. The summed E-state index contributed by atoms with van der Waals surface area (Å²) >= 11 is 0. The minimum atomic E-state index is -1.06. The molecule has 2 aromatic carbocycles. The average molecular weight is 435 g/mol. The number of hydrogen-bond donors (Lipinski definition) is 1. The zero-order valence-corrected chi connectivity index (χ0v) is 19.0. The predicted octanol–water partition coefficient (Wildman–Crippen LogP) is 3.81. The van der Waals surface area contributed by atoms with Crippen molar-refractivity contribution in [2.45, 2.75) is 44.6 Å². The van der Waals surface area contributed by atoms with Crippen molar-refractivity contribution in [3.63, 3.8) is 0 Å². The molecule has 0 radical (unpaired) electrons. The Balaban J connectivity index is 1.39. The maximum Gasteiger partial charge on any atom is 0.222 e. The minimum absolute atomic E-state index is 0.0511. The highest BCUT2D eigenvalue weighted by molar-refractivity contribution is 5.76. The molecule has 2 saturated heterocycles. The van der Waals surface area contributed by atoms with E-state index in [4.69, 9.17) is 0 Å². The lowest BCUT2D eigenvalue weighted by Crippen LogP contribution is -2.46. The summed E-state index contributed by atoms with van der Waals surface area (Å²) in [5.74, 6) is 0.755. The Labute approximate surface area is 191 Å². The zero-order chi connectivity index (χ0) is 22.6. The Hall–Kier alpha value is -2.66. The predicted molar refractivity (Wildman–Crippen MR) is 125 cm³/mol. The third-order valence-electron chi connectivity index (χ3n) is 7.39. The van der Waals surface area contributed by atoms with Crippen LogP contribution in [0.25, 0.3) is 0 Å². The van der Waals surface area contributed by atoms with Gasteiger partial charge in [-0.15, -0.1) is 0 Å². The Kier molecular flexibility index (Phi) is 6.95. The first-order valence-electron chi connectivity index (χ1n) is 11.8. The van der Waals surface area contributed by atoms with Crippen LogP contribution in [0.1, 0.15) is 50.2 Å². The van der Waals surface area contributed by atoms with Crippen LogP contribution in [0.3, 0.4) is 0 Å². The van der Waals surface area contributed by atoms with E-state index in [0.29, 0.717) is 25.4 Å². The Morgan fingerprint density at radius 3 is 1.75 bits per heavy atom. The van der Waals surface area contributed by atoms with Gasteiger partial charge in [-0.25, -0.2) is 0 Å². The van der Waals surface area contributed by atoms with Gasteiger partial charge in [0.1, 0.15) is 5.60 Å². The molecule has 0 saturated carbocycles. The fourth-order valence-electron chi connectivity index (χ4n) is 5.40. The van der Waals surface area contributed by atoms with E-state index in [2.05, 4.69) is 0 Å². The fourth-order valence-corrected chi connectivity index (χ4v) is 5.40. The molecule has 4 rings (SSSR count). The molecule has 0 aromatic heterocycles. The van der Waals surface area contributed by atoms with E-state index in [1.807, 2.05) is 70.5 Å². The van der Waals surface area contributed by atoms with Crippen LogP contribution in [-0.2, 0) is 15.2 Å². The van der Waals surface area contributed by atoms with Crippen LogP contribution in [0.4, 0.5) is 0 Å². The van der Waals surface area contributed by atoms with Crippen LogP contribution < -0.4 is 0 Å². The summed E-state index contributed by atoms with van der Waals surface area (Å²) < 4.78 is 0. The minimum Gasteiger partial charge on any atom is -0.380 e. The van der Waals surface area contributed by atoms with Crippen molar-refractivity contribution in [2.24, 2.45) is 11.8 Å². The van der Waals surface area contributed by atoms with Crippen LogP contribution in [0.15, 0.2) is 60.7 Å². The van der Waals surface area contributed by atoms with Gasteiger partial charge in [0.15, 0.2) is 0 Å². The molecule has 2 fully saturated rings. The highest BCUT2D eigenvalue weighted by atomic mass is 16.3. The van der Waals surface area contributed by atoms with Gasteiger partial charge in [0, 0.05) is 39.5 Å². The molecule has 5 heteroatoms. The molecule has 32 heavy (non-hydrogen) atoms. The quantitative estimate of drug-likeness (QED) is 0.779. The standard InChI is InChI=1S/C27H34N2O3/c1-21(30)28-16-12-22(13-17-28)20-26(31)29-18-14-25(15-19-29)27(32,23-8-4-2-5-9-23)24-10-6-3-7-11-24/h2-11,22,25,32H,12-20H2,1H3. The number of rotatable bonds is 5. The van der Waals surface area contributed by atoms with E-state index >= 15 is 0 Å². The lowest BCUT2D eigenvalue weighted by atomic mass is 9.72. The van der Waals surface area contributed by atoms with E-state index < -0.39 is 5.60 Å². The molecule has 2 aliphatic rings. The number of hydrogen-bond acceptors (Lipinski definition) is 3. The highest BCUT2D eigenvalue weighted by Gasteiger charge is 2.42. The second-order valence-corrected chi connectivity index (χ2v) is 9.31. The first-order valence-corrected chi connectivity index (χ1v) is 11.8. The molecule has 2 aromatic rings. The summed E-state index contributed by atoms with van der Waals surface area (Å²) in [4.78, 5) is 28.3. The number of aliphatic hydroxyl groups is 1. The second kappa shape index (κ2) is 9.86. The second-order valence-electron chi connectivity index (χ2n) is 9.31. The molecule has 2 aliphatic heterocycles. The molecular weight excluding hydrogens is 400 g/mol. The SMILES string of the molecule is CC(=O)N1CCC(CC(=O)N2CCC(C(O)(c3ccccc3)c3ccccc3)CC2)CC1. The number of carbonyl (C=O) groups excluding carboxylic acids is 2. The third kappa shape index (κ3) is 4.73. The number of piperidine rings is 2. The van der Waals surface area contributed by atoms with Gasteiger partial charge in [0.25, 0.3) is 0 Å². The first-order chi connectivity index (χ1) is 15.5. The molecule has 0 unspecified atom stereocenters. The van der Waals surface area contributed by atoms with Crippen molar-refractivity contribution in [2.75, 3.05) is 26.2 Å². The van der Waals surface area contributed by atoms with E-state index in [1.165, 1.54) is 0 Å². The van der Waals surface area contributed by atoms with Crippen LogP contribution >= 0.6 is 0 Å². The van der Waals surface area contributed by atoms with Gasteiger partial charge in [-0.05, 0) is 48.6 Å². The summed E-state index contributed by atoms with van der Waals surface area (Å²) in [5, 5.41) is 12.0. The molecule has 170 valence electrons. The molecule has 0 atom stereocenters. The monoisotopic (exact) mass is 434 g/mol. The molecular formula is C27H34N2O3. The molecule has 0 aliphatic carbocycles. The highest BCUT2D eigenvalue weighted by Crippen LogP contribution is 2.42. The van der Waals surface area contributed by atoms with Gasteiger partial charge in [-0.2, -0.15) is 0 Å². The van der Waals surface area contributed by atoms with Gasteiger partial charge >= 0.3 is 0 Å². The summed E-state index contributed by atoms with van der Waals surface area (Å²) in [5.41, 5.74) is 0.762. The molecule has 2 heterocycles. The van der Waals surface area contributed by atoms with E-state index in [0.717, 1.165) is 49.9 Å². The Bertz CT molecular complexity index is 860. The lowest BCUT2D eigenvalue weighted by molar-refractivity contribution is -0.135. The van der Waals surface area contributed by atoms with Crippen molar-refractivity contribution in [3.05, 3.63) is 71.8 Å². The van der Waals surface area contributed by atoms with E-state index in [9.17, 15) is 14.7 Å². The lowest BCUT2D eigenvalue weighted by Gasteiger charge is -2.42. The fraction of sp³-hybridized carbons (Fsp3) is 0.481. The van der Waals surface area contributed by atoms with Gasteiger partial charge in [0.2, 0.25) is 11.8 Å². The van der Waals surface area contributed by atoms with Crippen molar-refractivity contribution in [1.29, 1.82) is 0 Å². The summed E-state index contributed by atoms with van der Waals surface area (Å²) in [6.45, 7) is 4.49. The first kappa shape index (κ1) is 22.5. The topological polar surface area (TPSA) is 60.9 Å². The Morgan fingerprint density at radius 1 is 0.812 bits per heavy atom. The molecule has 5 nitrogen and oxygen atoms in total. The van der Waals surface area contributed by atoms with Crippen LogP contribution in [0.5, 0.6) is 0 Å². The number of nitrogens with zero attached hydrogens (tertiary/aromatic N) is 2. The van der Waals surface area contributed by atoms with Crippen LogP contribution in [-0.4, -0.2) is 52.9 Å². The van der Waals surface area contributed by atoms with Crippen molar-refractivity contribution >= 4 is 11.8 Å².